The summed E-state index contributed by atoms with van der Waals surface area (Å²) in [6, 6.07) is -1.38. The van der Waals surface area contributed by atoms with Crippen LogP contribution >= 0.6 is 11.8 Å². The van der Waals surface area contributed by atoms with Crippen LogP contribution in [0.3, 0.4) is 0 Å². The molecular weight excluding hydrogens is 240 g/mol. The van der Waals surface area contributed by atoms with Gasteiger partial charge in [-0.2, -0.15) is 13.1 Å². The molecule has 0 aromatic rings. The normalized spacial score (nSPS) is 24.4. The molecule has 0 aromatic carbocycles. The molecule has 0 spiro atoms. The Bertz CT molecular complexity index is 331. The molecule has 1 aliphatic rings. The summed E-state index contributed by atoms with van der Waals surface area (Å²) >= 11 is 0.995. The molecule has 0 saturated carbocycles. The molecule has 1 atom stereocenters. The van der Waals surface area contributed by atoms with E-state index in [4.69, 9.17) is 5.11 Å². The minimum atomic E-state index is -4.77. The van der Waals surface area contributed by atoms with Gasteiger partial charge in [-0.05, 0) is 0 Å². The van der Waals surface area contributed by atoms with Crippen molar-refractivity contribution in [1.82, 2.24) is 4.31 Å². The molecule has 1 rings (SSSR count). The second-order valence-corrected chi connectivity index (χ2v) is 5.40. The van der Waals surface area contributed by atoms with Gasteiger partial charge in [0.25, 0.3) is 10.0 Å². The molecule has 0 aliphatic carbocycles. The number of hydrogen-bond donors (Lipinski definition) is 1. The van der Waals surface area contributed by atoms with E-state index in [2.05, 4.69) is 0 Å². The molecule has 1 heterocycles. The number of aliphatic carboxylic acids is 1. The maximum Gasteiger partial charge on any atom is 0.350 e. The van der Waals surface area contributed by atoms with E-state index in [1.54, 1.807) is 0 Å². The van der Waals surface area contributed by atoms with Gasteiger partial charge < -0.3 is 5.11 Å². The number of carboxylic acid groups (broad SMARTS) is 1. The molecule has 9 heteroatoms. The molecule has 14 heavy (non-hydrogen) atoms. The van der Waals surface area contributed by atoms with Crippen molar-refractivity contribution < 1.29 is 27.1 Å². The molecule has 1 N–H and O–H groups in total. The van der Waals surface area contributed by atoms with E-state index in [0.717, 1.165) is 11.8 Å². The lowest BCUT2D eigenvalue weighted by Crippen LogP contribution is -2.44. The van der Waals surface area contributed by atoms with E-state index in [-0.39, 0.29) is 11.6 Å². The van der Waals surface area contributed by atoms with Crippen LogP contribution in [0.1, 0.15) is 0 Å². The zero-order chi connectivity index (χ0) is 10.9. The Morgan fingerprint density at radius 1 is 1.57 bits per heavy atom. The summed E-state index contributed by atoms with van der Waals surface area (Å²) in [5, 5.41) is 8.56. The number of thioether (sulfide) groups is 1. The predicted octanol–water partition coefficient (Wildman–Crippen LogP) is -0.00170. The van der Waals surface area contributed by atoms with Crippen molar-refractivity contribution in [1.29, 1.82) is 0 Å². The van der Waals surface area contributed by atoms with Crippen molar-refractivity contribution >= 4 is 27.8 Å². The van der Waals surface area contributed by atoms with Gasteiger partial charge in [0.2, 0.25) is 0 Å². The van der Waals surface area contributed by atoms with Gasteiger partial charge in [0, 0.05) is 5.75 Å². The van der Waals surface area contributed by atoms with Gasteiger partial charge in [0.1, 0.15) is 6.04 Å². The second-order valence-electron chi connectivity index (χ2n) is 2.55. The summed E-state index contributed by atoms with van der Waals surface area (Å²) in [4.78, 5) is 10.5. The SMILES string of the molecule is O=C(O)C1CSCN1S(=O)(=O)C(F)F. The smallest absolute Gasteiger partial charge is 0.350 e. The number of carboxylic acids is 1. The van der Waals surface area contributed by atoms with Gasteiger partial charge in [-0.25, -0.2) is 8.42 Å². The molecule has 1 unspecified atom stereocenters. The summed E-state index contributed by atoms with van der Waals surface area (Å²) in [7, 11) is -4.77. The van der Waals surface area contributed by atoms with Crippen LogP contribution in [-0.2, 0) is 14.8 Å². The van der Waals surface area contributed by atoms with Crippen LogP contribution in [0.4, 0.5) is 8.78 Å². The number of nitrogens with zero attached hydrogens (tertiary/aromatic N) is 1. The van der Waals surface area contributed by atoms with E-state index in [1.807, 2.05) is 0 Å². The Morgan fingerprint density at radius 2 is 2.14 bits per heavy atom. The van der Waals surface area contributed by atoms with Gasteiger partial charge >= 0.3 is 11.7 Å². The Labute approximate surface area is 83.1 Å². The molecule has 1 aliphatic heterocycles. The number of alkyl halides is 2. The van der Waals surface area contributed by atoms with Crippen LogP contribution in [-0.4, -0.2) is 47.2 Å². The average Bonchev–Trinajstić information content (AvgIpc) is 2.51. The Kier molecular flexibility index (Phi) is 3.32. The lowest BCUT2D eigenvalue weighted by Gasteiger charge is -2.18. The fourth-order valence-electron chi connectivity index (χ4n) is 0.975. The molecule has 5 nitrogen and oxygen atoms in total. The van der Waals surface area contributed by atoms with Crippen LogP contribution in [0.25, 0.3) is 0 Å². The molecule has 0 radical (unpaired) electrons. The number of carbonyl (C=O) groups is 1. The summed E-state index contributed by atoms with van der Waals surface area (Å²) < 4.78 is 46.4. The summed E-state index contributed by atoms with van der Waals surface area (Å²) in [5.41, 5.74) is 0. The van der Waals surface area contributed by atoms with Crippen molar-refractivity contribution in [2.45, 2.75) is 11.8 Å². The van der Waals surface area contributed by atoms with Gasteiger partial charge in [0.15, 0.2) is 0 Å². The quantitative estimate of drug-likeness (QED) is 0.759. The summed E-state index contributed by atoms with van der Waals surface area (Å²) in [6.45, 7) is 0. The van der Waals surface area contributed by atoms with E-state index in [0.29, 0.717) is 4.31 Å². The number of rotatable bonds is 3. The molecule has 0 bridgehead atoms. The zero-order valence-electron chi connectivity index (χ0n) is 6.76. The number of halogens is 2. The van der Waals surface area contributed by atoms with Crippen molar-refractivity contribution in [2.75, 3.05) is 11.6 Å². The second kappa shape index (κ2) is 3.99. The van der Waals surface area contributed by atoms with Gasteiger partial charge in [0.05, 0.1) is 5.88 Å². The van der Waals surface area contributed by atoms with Crippen LogP contribution in [0, 0.1) is 0 Å². The molecular formula is C5H7F2NO4S2. The van der Waals surface area contributed by atoms with E-state index in [1.165, 1.54) is 0 Å². The first kappa shape index (κ1) is 11.7. The zero-order valence-corrected chi connectivity index (χ0v) is 8.39. The monoisotopic (exact) mass is 247 g/mol. The van der Waals surface area contributed by atoms with E-state index >= 15 is 0 Å². The lowest BCUT2D eigenvalue weighted by atomic mass is 10.4. The number of sulfonamides is 1. The largest absolute Gasteiger partial charge is 0.480 e. The summed E-state index contributed by atoms with van der Waals surface area (Å²) in [5.74, 6) is -5.20. The van der Waals surface area contributed by atoms with Crippen LogP contribution < -0.4 is 0 Å². The van der Waals surface area contributed by atoms with Gasteiger partial charge in [-0.15, -0.1) is 11.8 Å². The Morgan fingerprint density at radius 3 is 2.57 bits per heavy atom. The van der Waals surface area contributed by atoms with Crippen molar-refractivity contribution in [3.63, 3.8) is 0 Å². The molecule has 0 amide bonds. The lowest BCUT2D eigenvalue weighted by molar-refractivity contribution is -0.140. The number of hydrogen-bond acceptors (Lipinski definition) is 4. The third-order valence-electron chi connectivity index (χ3n) is 1.68. The van der Waals surface area contributed by atoms with E-state index in [9.17, 15) is 22.0 Å². The standard InChI is InChI=1S/C5H7F2NO4S2/c6-5(7)14(11,12)8-2-13-1-3(8)4(9)10/h3,5H,1-2H2,(H,9,10). The predicted molar refractivity (Wildman–Crippen MR) is 45.5 cm³/mol. The maximum absolute atomic E-state index is 12.1. The third kappa shape index (κ3) is 1.98. The Hall–Kier alpha value is -0.410. The highest BCUT2D eigenvalue weighted by Gasteiger charge is 2.43. The third-order valence-corrected chi connectivity index (χ3v) is 4.34. The molecule has 0 aromatic heterocycles. The highest BCUT2D eigenvalue weighted by molar-refractivity contribution is 8.00. The van der Waals surface area contributed by atoms with Crippen LogP contribution in [0.5, 0.6) is 0 Å². The van der Waals surface area contributed by atoms with Gasteiger partial charge in [-0.1, -0.05) is 0 Å². The molecule has 1 fully saturated rings. The minimum absolute atomic E-state index is 0.00127. The minimum Gasteiger partial charge on any atom is -0.480 e. The first-order chi connectivity index (χ1) is 6.37. The van der Waals surface area contributed by atoms with Crippen LogP contribution in [0.2, 0.25) is 0 Å². The molecule has 82 valence electrons. The van der Waals surface area contributed by atoms with Crippen LogP contribution in [0.15, 0.2) is 0 Å². The fourth-order valence-corrected chi connectivity index (χ4v) is 3.62. The maximum atomic E-state index is 12.1. The van der Waals surface area contributed by atoms with Gasteiger partial charge in [-0.3, -0.25) is 4.79 Å². The summed E-state index contributed by atoms with van der Waals surface area (Å²) in [6.07, 6.45) is 0. The first-order valence-corrected chi connectivity index (χ1v) is 6.12. The first-order valence-electron chi connectivity index (χ1n) is 3.46. The topological polar surface area (TPSA) is 74.7 Å². The molecule has 1 saturated heterocycles. The van der Waals surface area contributed by atoms with Crippen molar-refractivity contribution in [2.24, 2.45) is 0 Å². The fraction of sp³-hybridized carbons (Fsp3) is 0.800. The average molecular weight is 247 g/mol. The van der Waals surface area contributed by atoms with Crippen molar-refractivity contribution in [3.05, 3.63) is 0 Å². The highest BCUT2D eigenvalue weighted by atomic mass is 32.2. The van der Waals surface area contributed by atoms with Crippen molar-refractivity contribution in [3.8, 4) is 0 Å². The highest BCUT2D eigenvalue weighted by Crippen LogP contribution is 2.27. The Balaban J connectivity index is 2.93. The van der Waals surface area contributed by atoms with E-state index < -0.39 is 27.8 Å².